The number of carbonyl (C=O) groups is 1. The van der Waals surface area contributed by atoms with E-state index in [9.17, 15) is 4.79 Å². The van der Waals surface area contributed by atoms with E-state index in [0.29, 0.717) is 22.5 Å². The molecule has 140 valence electrons. The Balaban J connectivity index is 1.57. The number of para-hydroxylation sites is 1. The summed E-state index contributed by atoms with van der Waals surface area (Å²) < 4.78 is 6.63. The van der Waals surface area contributed by atoms with Crippen molar-refractivity contribution in [3.05, 3.63) is 59.1 Å². The van der Waals surface area contributed by atoms with E-state index < -0.39 is 0 Å². The van der Waals surface area contributed by atoms with Crippen LogP contribution in [0.25, 0.3) is 11.4 Å². The van der Waals surface area contributed by atoms with Crippen LogP contribution in [0.5, 0.6) is 5.75 Å². The maximum Gasteiger partial charge on any atom is 0.230 e. The van der Waals surface area contributed by atoms with Gasteiger partial charge in [-0.3, -0.25) is 4.79 Å². The molecular formula is C18H18ClN5O2S. The first kappa shape index (κ1) is 19.1. The minimum atomic E-state index is -0.137. The Morgan fingerprint density at radius 1 is 1.22 bits per heavy atom. The number of aromatic nitrogens is 3. The Hall–Kier alpha value is -2.71. The van der Waals surface area contributed by atoms with Gasteiger partial charge in [-0.25, -0.2) is 4.68 Å². The van der Waals surface area contributed by atoms with E-state index in [1.54, 1.807) is 19.2 Å². The Bertz CT molecular complexity index is 930. The number of nitrogens with one attached hydrogen (secondary N) is 1. The highest BCUT2D eigenvalue weighted by atomic mass is 35.5. The fourth-order valence-electron chi connectivity index (χ4n) is 2.40. The largest absolute Gasteiger partial charge is 0.496 e. The van der Waals surface area contributed by atoms with Gasteiger partial charge < -0.3 is 15.9 Å². The second kappa shape index (κ2) is 8.79. The van der Waals surface area contributed by atoms with Crippen LogP contribution in [0.3, 0.4) is 0 Å². The third-order valence-corrected chi connectivity index (χ3v) is 4.96. The minimum absolute atomic E-state index is 0.137. The van der Waals surface area contributed by atoms with Crippen LogP contribution in [0.15, 0.2) is 53.7 Å². The van der Waals surface area contributed by atoms with Crippen molar-refractivity contribution in [2.45, 2.75) is 11.7 Å². The molecule has 0 saturated carbocycles. The molecule has 1 heterocycles. The normalized spacial score (nSPS) is 10.6. The molecule has 3 aromatic rings. The number of nitrogens with zero attached hydrogens (tertiary/aromatic N) is 3. The average molecular weight is 404 g/mol. The lowest BCUT2D eigenvalue weighted by Gasteiger charge is -2.09. The molecule has 0 radical (unpaired) electrons. The van der Waals surface area contributed by atoms with E-state index >= 15 is 0 Å². The lowest BCUT2D eigenvalue weighted by molar-refractivity contribution is -0.118. The highest BCUT2D eigenvalue weighted by Crippen LogP contribution is 2.23. The molecule has 0 atom stereocenters. The molecule has 0 saturated heterocycles. The smallest absolute Gasteiger partial charge is 0.230 e. The number of carbonyl (C=O) groups excluding carboxylic acids is 1. The minimum Gasteiger partial charge on any atom is -0.496 e. The SMILES string of the molecule is COc1ccccc1CNC(=O)CSc1nnc(-c2ccc(Cl)cc2)n1N. The molecule has 3 rings (SSSR count). The van der Waals surface area contributed by atoms with Gasteiger partial charge in [0, 0.05) is 22.7 Å². The molecule has 7 nitrogen and oxygen atoms in total. The number of rotatable bonds is 7. The second-order valence-corrected chi connectivity index (χ2v) is 6.94. The molecule has 2 aromatic carbocycles. The van der Waals surface area contributed by atoms with Crippen molar-refractivity contribution < 1.29 is 9.53 Å². The van der Waals surface area contributed by atoms with Gasteiger partial charge in [0.2, 0.25) is 11.1 Å². The highest BCUT2D eigenvalue weighted by molar-refractivity contribution is 7.99. The van der Waals surface area contributed by atoms with E-state index in [4.69, 9.17) is 22.2 Å². The van der Waals surface area contributed by atoms with Gasteiger partial charge >= 0.3 is 0 Å². The first-order valence-electron chi connectivity index (χ1n) is 8.06. The van der Waals surface area contributed by atoms with E-state index in [2.05, 4.69) is 15.5 Å². The fraction of sp³-hybridized carbons (Fsp3) is 0.167. The van der Waals surface area contributed by atoms with Gasteiger partial charge in [-0.15, -0.1) is 10.2 Å². The zero-order valence-electron chi connectivity index (χ0n) is 14.6. The van der Waals surface area contributed by atoms with E-state index in [1.807, 2.05) is 36.4 Å². The number of amides is 1. The highest BCUT2D eigenvalue weighted by Gasteiger charge is 2.14. The zero-order chi connectivity index (χ0) is 19.2. The van der Waals surface area contributed by atoms with Crippen molar-refractivity contribution >= 4 is 29.3 Å². The summed E-state index contributed by atoms with van der Waals surface area (Å²) in [5, 5.41) is 12.1. The summed E-state index contributed by atoms with van der Waals surface area (Å²) in [6.07, 6.45) is 0. The molecule has 3 N–H and O–H groups in total. The maximum absolute atomic E-state index is 12.1. The average Bonchev–Trinajstić information content (AvgIpc) is 3.06. The van der Waals surface area contributed by atoms with Gasteiger partial charge in [0.15, 0.2) is 5.82 Å². The molecule has 0 bridgehead atoms. The Labute approximate surface area is 165 Å². The van der Waals surface area contributed by atoms with Gasteiger partial charge in [-0.1, -0.05) is 41.6 Å². The molecule has 9 heteroatoms. The van der Waals surface area contributed by atoms with Gasteiger partial charge in [0.05, 0.1) is 12.9 Å². The number of halogens is 1. The predicted octanol–water partition coefficient (Wildman–Crippen LogP) is 2.73. The van der Waals surface area contributed by atoms with E-state index in [-0.39, 0.29) is 11.7 Å². The van der Waals surface area contributed by atoms with Crippen LogP contribution in [0.2, 0.25) is 5.02 Å². The van der Waals surface area contributed by atoms with Crippen molar-refractivity contribution in [2.75, 3.05) is 18.7 Å². The van der Waals surface area contributed by atoms with Crippen LogP contribution in [0.4, 0.5) is 0 Å². The zero-order valence-corrected chi connectivity index (χ0v) is 16.1. The standard InChI is InChI=1S/C18H18ClN5O2S/c1-26-15-5-3-2-4-13(15)10-21-16(25)11-27-18-23-22-17(24(18)20)12-6-8-14(19)9-7-12/h2-9H,10-11,20H2,1H3,(H,21,25). The number of methoxy groups -OCH3 is 1. The number of benzene rings is 2. The molecule has 1 aromatic heterocycles. The quantitative estimate of drug-likeness (QED) is 0.465. The predicted molar refractivity (Wildman–Crippen MR) is 106 cm³/mol. The Morgan fingerprint density at radius 2 is 1.96 bits per heavy atom. The van der Waals surface area contributed by atoms with E-state index in [0.717, 1.165) is 16.9 Å². The molecule has 0 aliphatic heterocycles. The van der Waals surface area contributed by atoms with Gasteiger partial charge in [0.1, 0.15) is 5.75 Å². The van der Waals surface area contributed by atoms with Crippen LogP contribution < -0.4 is 15.9 Å². The first-order valence-corrected chi connectivity index (χ1v) is 9.42. The summed E-state index contributed by atoms with van der Waals surface area (Å²) in [6, 6.07) is 14.7. The lowest BCUT2D eigenvalue weighted by Crippen LogP contribution is -2.25. The van der Waals surface area contributed by atoms with Gasteiger partial charge in [-0.05, 0) is 30.3 Å². The molecule has 0 spiro atoms. The van der Waals surface area contributed by atoms with Crippen LogP contribution >= 0.6 is 23.4 Å². The van der Waals surface area contributed by atoms with Gasteiger partial charge in [-0.2, -0.15) is 0 Å². The van der Waals surface area contributed by atoms with Crippen molar-refractivity contribution in [3.8, 4) is 17.1 Å². The third-order valence-electron chi connectivity index (χ3n) is 3.77. The third kappa shape index (κ3) is 4.72. The first-order chi connectivity index (χ1) is 13.1. The van der Waals surface area contributed by atoms with E-state index in [1.165, 1.54) is 16.4 Å². The monoisotopic (exact) mass is 403 g/mol. The molecular weight excluding hydrogens is 386 g/mol. The molecule has 0 unspecified atom stereocenters. The summed E-state index contributed by atoms with van der Waals surface area (Å²) >= 11 is 7.11. The molecule has 0 aliphatic carbocycles. The number of thioether (sulfide) groups is 1. The topological polar surface area (TPSA) is 95.1 Å². The van der Waals surface area contributed by atoms with Crippen molar-refractivity contribution in [3.63, 3.8) is 0 Å². The number of nitrogens with two attached hydrogens (primary N) is 1. The van der Waals surface area contributed by atoms with Crippen LogP contribution in [-0.4, -0.2) is 33.6 Å². The fourth-order valence-corrected chi connectivity index (χ4v) is 3.21. The summed E-state index contributed by atoms with van der Waals surface area (Å²) in [7, 11) is 1.60. The molecule has 0 aliphatic rings. The Kier molecular flexibility index (Phi) is 6.20. The number of ether oxygens (including phenoxy) is 1. The summed E-state index contributed by atoms with van der Waals surface area (Å²) in [5.74, 6) is 7.33. The maximum atomic E-state index is 12.1. The summed E-state index contributed by atoms with van der Waals surface area (Å²) in [5.41, 5.74) is 1.70. The Morgan fingerprint density at radius 3 is 2.70 bits per heavy atom. The molecule has 1 amide bonds. The number of hydrogen-bond donors (Lipinski definition) is 2. The number of nitrogen functional groups attached to an aromatic ring is 1. The lowest BCUT2D eigenvalue weighted by atomic mass is 10.2. The van der Waals surface area contributed by atoms with Gasteiger partial charge in [0.25, 0.3) is 0 Å². The molecule has 0 fully saturated rings. The van der Waals surface area contributed by atoms with Crippen molar-refractivity contribution in [1.29, 1.82) is 0 Å². The number of hydrogen-bond acceptors (Lipinski definition) is 6. The second-order valence-electron chi connectivity index (χ2n) is 5.56. The summed E-state index contributed by atoms with van der Waals surface area (Å²) in [4.78, 5) is 12.1. The van der Waals surface area contributed by atoms with Crippen LogP contribution in [0, 0.1) is 0 Å². The van der Waals surface area contributed by atoms with Crippen LogP contribution in [-0.2, 0) is 11.3 Å². The summed E-state index contributed by atoms with van der Waals surface area (Å²) in [6.45, 7) is 0.384. The van der Waals surface area contributed by atoms with Crippen molar-refractivity contribution in [2.24, 2.45) is 0 Å². The molecule has 27 heavy (non-hydrogen) atoms. The van der Waals surface area contributed by atoms with Crippen LogP contribution in [0.1, 0.15) is 5.56 Å². The van der Waals surface area contributed by atoms with Crippen molar-refractivity contribution in [1.82, 2.24) is 20.2 Å².